The molecular formula is C14H20N4O. The highest BCUT2D eigenvalue weighted by molar-refractivity contribution is 5.17. The summed E-state index contributed by atoms with van der Waals surface area (Å²) in [6, 6.07) is 9.99. The number of rotatable bonds is 6. The second-order valence-corrected chi connectivity index (χ2v) is 4.89. The van der Waals surface area contributed by atoms with Gasteiger partial charge < -0.3 is 10.4 Å². The fraction of sp³-hybridized carbons (Fsp3) is 0.429. The van der Waals surface area contributed by atoms with E-state index >= 15 is 0 Å². The maximum absolute atomic E-state index is 10.1. The predicted octanol–water partition coefficient (Wildman–Crippen LogP) is 1.51. The molecule has 0 bridgehead atoms. The summed E-state index contributed by atoms with van der Waals surface area (Å²) >= 11 is 0. The van der Waals surface area contributed by atoms with Crippen LogP contribution >= 0.6 is 0 Å². The van der Waals surface area contributed by atoms with Gasteiger partial charge in [0.25, 0.3) is 0 Å². The minimum atomic E-state index is -0.561. The van der Waals surface area contributed by atoms with Crippen molar-refractivity contribution in [1.29, 1.82) is 0 Å². The molecule has 1 aromatic heterocycles. The standard InChI is InChI=1S/C14H20N4O/c1-11(2)15-8-13-9-18(17-16-13)10-14(19)12-6-4-3-5-7-12/h3-7,9,11,14-15,19H,8,10H2,1-2H3. The van der Waals surface area contributed by atoms with E-state index in [1.54, 1.807) is 4.68 Å². The van der Waals surface area contributed by atoms with Crippen molar-refractivity contribution in [3.05, 3.63) is 47.8 Å². The summed E-state index contributed by atoms with van der Waals surface area (Å²) in [7, 11) is 0. The van der Waals surface area contributed by atoms with Gasteiger partial charge in [0.05, 0.1) is 18.3 Å². The molecule has 0 aliphatic heterocycles. The molecule has 1 atom stereocenters. The Kier molecular flexibility index (Phi) is 4.65. The second kappa shape index (κ2) is 6.45. The number of aromatic nitrogens is 3. The summed E-state index contributed by atoms with van der Waals surface area (Å²) in [5, 5.41) is 21.5. The van der Waals surface area contributed by atoms with Gasteiger partial charge in [0.15, 0.2) is 0 Å². The van der Waals surface area contributed by atoms with E-state index in [1.807, 2.05) is 36.5 Å². The highest BCUT2D eigenvalue weighted by atomic mass is 16.3. The Balaban J connectivity index is 1.93. The van der Waals surface area contributed by atoms with Gasteiger partial charge in [-0.3, -0.25) is 0 Å². The maximum Gasteiger partial charge on any atom is 0.0986 e. The molecule has 19 heavy (non-hydrogen) atoms. The van der Waals surface area contributed by atoms with Crippen LogP contribution in [0.4, 0.5) is 0 Å². The number of aliphatic hydroxyl groups excluding tert-OH is 1. The molecule has 5 heteroatoms. The van der Waals surface area contributed by atoms with Crippen LogP contribution in [0.2, 0.25) is 0 Å². The first kappa shape index (κ1) is 13.7. The van der Waals surface area contributed by atoms with Crippen molar-refractivity contribution in [2.75, 3.05) is 0 Å². The van der Waals surface area contributed by atoms with E-state index in [0.717, 1.165) is 11.3 Å². The van der Waals surface area contributed by atoms with Crippen LogP contribution in [-0.2, 0) is 13.1 Å². The van der Waals surface area contributed by atoms with Crippen LogP contribution in [0.1, 0.15) is 31.2 Å². The summed E-state index contributed by atoms with van der Waals surface area (Å²) in [5.74, 6) is 0. The van der Waals surface area contributed by atoms with Crippen LogP contribution in [0.5, 0.6) is 0 Å². The van der Waals surface area contributed by atoms with Crippen LogP contribution in [0.25, 0.3) is 0 Å². The van der Waals surface area contributed by atoms with Crippen molar-refractivity contribution in [1.82, 2.24) is 20.3 Å². The van der Waals surface area contributed by atoms with Crippen molar-refractivity contribution < 1.29 is 5.11 Å². The van der Waals surface area contributed by atoms with Gasteiger partial charge in [0, 0.05) is 18.8 Å². The summed E-state index contributed by atoms with van der Waals surface area (Å²) in [6.07, 6.45) is 1.30. The first-order valence-corrected chi connectivity index (χ1v) is 6.50. The van der Waals surface area contributed by atoms with E-state index in [-0.39, 0.29) is 0 Å². The molecule has 0 amide bonds. The van der Waals surface area contributed by atoms with Gasteiger partial charge in [0.1, 0.15) is 0 Å². The summed E-state index contributed by atoms with van der Waals surface area (Å²) < 4.78 is 1.68. The van der Waals surface area contributed by atoms with Gasteiger partial charge in [-0.05, 0) is 5.56 Å². The van der Waals surface area contributed by atoms with Gasteiger partial charge in [-0.2, -0.15) is 0 Å². The van der Waals surface area contributed by atoms with Crippen molar-refractivity contribution in [2.45, 2.75) is 39.1 Å². The third-order valence-corrected chi connectivity index (χ3v) is 2.82. The molecule has 0 saturated heterocycles. The lowest BCUT2D eigenvalue weighted by Crippen LogP contribution is -2.21. The van der Waals surface area contributed by atoms with Crippen LogP contribution < -0.4 is 5.32 Å². The fourth-order valence-electron chi connectivity index (χ4n) is 1.78. The third kappa shape index (κ3) is 4.15. The molecule has 1 heterocycles. The largest absolute Gasteiger partial charge is 0.386 e. The molecule has 1 unspecified atom stereocenters. The lowest BCUT2D eigenvalue weighted by Gasteiger charge is -2.10. The zero-order chi connectivity index (χ0) is 13.7. The van der Waals surface area contributed by atoms with Gasteiger partial charge in [-0.1, -0.05) is 49.4 Å². The van der Waals surface area contributed by atoms with Crippen LogP contribution in [0.3, 0.4) is 0 Å². The number of hydrogen-bond donors (Lipinski definition) is 2. The third-order valence-electron chi connectivity index (χ3n) is 2.82. The van der Waals surface area contributed by atoms with Gasteiger partial charge in [0.2, 0.25) is 0 Å². The quantitative estimate of drug-likeness (QED) is 0.826. The average molecular weight is 260 g/mol. The molecule has 5 nitrogen and oxygen atoms in total. The van der Waals surface area contributed by atoms with Crippen molar-refractivity contribution in [3.8, 4) is 0 Å². The summed E-state index contributed by atoms with van der Waals surface area (Å²) in [4.78, 5) is 0. The van der Waals surface area contributed by atoms with Gasteiger partial charge in [-0.15, -0.1) is 5.10 Å². The smallest absolute Gasteiger partial charge is 0.0986 e. The molecule has 2 aromatic rings. The molecule has 0 aliphatic rings. The number of benzene rings is 1. The highest BCUT2D eigenvalue weighted by Gasteiger charge is 2.09. The Morgan fingerprint density at radius 1 is 1.26 bits per heavy atom. The summed E-state index contributed by atoms with van der Waals surface area (Å²) in [6.45, 7) is 5.28. The minimum Gasteiger partial charge on any atom is -0.386 e. The number of hydrogen-bond acceptors (Lipinski definition) is 4. The Morgan fingerprint density at radius 2 is 2.00 bits per heavy atom. The topological polar surface area (TPSA) is 63.0 Å². The first-order valence-electron chi connectivity index (χ1n) is 6.50. The van der Waals surface area contributed by atoms with Crippen LogP contribution in [0.15, 0.2) is 36.5 Å². The Hall–Kier alpha value is -1.72. The number of nitrogens with one attached hydrogen (secondary N) is 1. The van der Waals surface area contributed by atoms with E-state index in [0.29, 0.717) is 19.1 Å². The zero-order valence-electron chi connectivity index (χ0n) is 11.3. The van der Waals surface area contributed by atoms with Crippen LogP contribution in [-0.4, -0.2) is 26.1 Å². The zero-order valence-corrected chi connectivity index (χ0v) is 11.3. The maximum atomic E-state index is 10.1. The minimum absolute atomic E-state index is 0.415. The van der Waals surface area contributed by atoms with E-state index in [2.05, 4.69) is 29.5 Å². The Bertz CT molecular complexity index is 495. The van der Waals surface area contributed by atoms with E-state index in [9.17, 15) is 5.11 Å². The van der Waals surface area contributed by atoms with Crippen molar-refractivity contribution >= 4 is 0 Å². The Labute approximate surface area is 113 Å². The van der Waals surface area contributed by atoms with E-state index in [4.69, 9.17) is 0 Å². The monoisotopic (exact) mass is 260 g/mol. The normalized spacial score (nSPS) is 12.8. The number of nitrogens with zero attached hydrogens (tertiary/aromatic N) is 3. The SMILES string of the molecule is CC(C)NCc1cn(CC(O)c2ccccc2)nn1. The van der Waals surface area contributed by atoms with Crippen molar-refractivity contribution in [3.63, 3.8) is 0 Å². The molecule has 2 rings (SSSR count). The predicted molar refractivity (Wildman–Crippen MR) is 73.4 cm³/mol. The highest BCUT2D eigenvalue weighted by Crippen LogP contribution is 2.13. The molecule has 102 valence electrons. The number of aliphatic hydroxyl groups is 1. The molecule has 0 fully saturated rings. The molecule has 0 aliphatic carbocycles. The fourth-order valence-corrected chi connectivity index (χ4v) is 1.78. The second-order valence-electron chi connectivity index (χ2n) is 4.89. The van der Waals surface area contributed by atoms with Gasteiger partial charge in [-0.25, -0.2) is 4.68 Å². The van der Waals surface area contributed by atoms with Crippen LogP contribution in [0, 0.1) is 0 Å². The van der Waals surface area contributed by atoms with E-state index < -0.39 is 6.10 Å². The average Bonchev–Trinajstić information content (AvgIpc) is 2.85. The molecule has 1 aromatic carbocycles. The van der Waals surface area contributed by atoms with Gasteiger partial charge >= 0.3 is 0 Å². The lowest BCUT2D eigenvalue weighted by atomic mass is 10.1. The Morgan fingerprint density at radius 3 is 2.68 bits per heavy atom. The molecule has 0 radical (unpaired) electrons. The summed E-state index contributed by atoms with van der Waals surface area (Å²) in [5.41, 5.74) is 1.77. The molecule has 0 saturated carbocycles. The van der Waals surface area contributed by atoms with Crippen molar-refractivity contribution in [2.24, 2.45) is 0 Å². The molecular weight excluding hydrogens is 240 g/mol. The molecule has 0 spiro atoms. The van der Waals surface area contributed by atoms with E-state index in [1.165, 1.54) is 0 Å². The molecule has 2 N–H and O–H groups in total. The first-order chi connectivity index (χ1) is 9.15. The lowest BCUT2D eigenvalue weighted by molar-refractivity contribution is 0.150.